The summed E-state index contributed by atoms with van der Waals surface area (Å²) < 4.78 is 0. The summed E-state index contributed by atoms with van der Waals surface area (Å²) in [7, 11) is 0. The van der Waals surface area contributed by atoms with Crippen LogP contribution in [0.3, 0.4) is 0 Å². The summed E-state index contributed by atoms with van der Waals surface area (Å²) >= 11 is 0. The summed E-state index contributed by atoms with van der Waals surface area (Å²) in [6.45, 7) is 11.5. The lowest BCUT2D eigenvalue weighted by Crippen LogP contribution is -2.21. The van der Waals surface area contributed by atoms with Gasteiger partial charge in [-0.25, -0.2) is 9.97 Å². The van der Waals surface area contributed by atoms with Crippen LogP contribution >= 0.6 is 0 Å². The van der Waals surface area contributed by atoms with E-state index in [1.807, 2.05) is 19.9 Å². The highest BCUT2D eigenvalue weighted by Crippen LogP contribution is 2.28. The Balaban J connectivity index is 2.46. The Labute approximate surface area is 134 Å². The summed E-state index contributed by atoms with van der Waals surface area (Å²) in [6.07, 6.45) is 3.34. The van der Waals surface area contributed by atoms with Gasteiger partial charge in [0.05, 0.1) is 0 Å². The van der Waals surface area contributed by atoms with Gasteiger partial charge < -0.3 is 4.90 Å². The van der Waals surface area contributed by atoms with Gasteiger partial charge in [0.15, 0.2) is 0 Å². The molecule has 0 radical (unpaired) electrons. The smallest absolute Gasteiger partial charge is 0.230 e. The summed E-state index contributed by atoms with van der Waals surface area (Å²) in [6, 6.07) is 8.82. The number of nitrogens with zero attached hydrogens (tertiary/aromatic N) is 3. The van der Waals surface area contributed by atoms with Crippen molar-refractivity contribution < 1.29 is 0 Å². The van der Waals surface area contributed by atoms with E-state index in [0.717, 1.165) is 36.7 Å². The third-order valence-corrected chi connectivity index (χ3v) is 3.88. The highest BCUT2D eigenvalue weighted by Gasteiger charge is 2.14. The van der Waals surface area contributed by atoms with Crippen LogP contribution in [0.1, 0.15) is 49.7 Å². The van der Waals surface area contributed by atoms with E-state index in [0.29, 0.717) is 0 Å². The minimum absolute atomic E-state index is 0.804. The van der Waals surface area contributed by atoms with Gasteiger partial charge in [0.2, 0.25) is 5.95 Å². The maximum atomic E-state index is 4.63. The lowest BCUT2D eigenvalue weighted by atomic mass is 10.0. The van der Waals surface area contributed by atoms with Gasteiger partial charge in [-0.05, 0) is 56.9 Å². The molecule has 1 aromatic carbocycles. The van der Waals surface area contributed by atoms with Crippen LogP contribution in [-0.4, -0.2) is 16.5 Å². The lowest BCUT2D eigenvalue weighted by Gasteiger charge is -2.24. The molecular formula is C19H27N3. The summed E-state index contributed by atoms with van der Waals surface area (Å²) in [5.74, 6) is 0.804. The predicted octanol–water partition coefficient (Wildman–Crippen LogP) is 4.77. The molecule has 118 valence electrons. The number of benzene rings is 1. The van der Waals surface area contributed by atoms with Gasteiger partial charge in [-0.1, -0.05) is 32.4 Å². The third kappa shape index (κ3) is 3.65. The van der Waals surface area contributed by atoms with Crippen molar-refractivity contribution in [1.29, 1.82) is 0 Å². The lowest BCUT2D eigenvalue weighted by molar-refractivity contribution is 0.896. The van der Waals surface area contributed by atoms with Crippen molar-refractivity contribution in [2.75, 3.05) is 11.4 Å². The van der Waals surface area contributed by atoms with Crippen molar-refractivity contribution in [3.8, 4) is 0 Å². The normalized spacial score (nSPS) is 10.8. The highest BCUT2D eigenvalue weighted by atomic mass is 15.3. The zero-order valence-corrected chi connectivity index (χ0v) is 14.5. The maximum absolute atomic E-state index is 4.63. The molecule has 0 saturated heterocycles. The first kappa shape index (κ1) is 16.5. The van der Waals surface area contributed by atoms with Crippen molar-refractivity contribution in [1.82, 2.24) is 9.97 Å². The van der Waals surface area contributed by atoms with Gasteiger partial charge in [-0.3, -0.25) is 0 Å². The molecule has 0 amide bonds. The third-order valence-electron chi connectivity index (χ3n) is 3.88. The van der Waals surface area contributed by atoms with Gasteiger partial charge in [0, 0.05) is 23.6 Å². The van der Waals surface area contributed by atoms with Crippen molar-refractivity contribution >= 4 is 11.6 Å². The maximum Gasteiger partial charge on any atom is 0.230 e. The molecule has 0 aliphatic heterocycles. The van der Waals surface area contributed by atoms with E-state index in [4.69, 9.17) is 0 Å². The zero-order chi connectivity index (χ0) is 16.1. The standard InChI is InChI=1S/C19H27N3/c1-6-9-16-10-11-18(17(7-2)13-16)22(8-3)19-20-14(4)12-15(5)21-19/h10-13H,6-9H2,1-5H3. The molecule has 0 atom stereocenters. The van der Waals surface area contributed by atoms with Crippen LogP contribution in [0.4, 0.5) is 11.6 Å². The zero-order valence-electron chi connectivity index (χ0n) is 14.5. The van der Waals surface area contributed by atoms with E-state index in [2.05, 4.69) is 53.8 Å². The van der Waals surface area contributed by atoms with Gasteiger partial charge >= 0.3 is 0 Å². The van der Waals surface area contributed by atoms with Crippen LogP contribution in [0.5, 0.6) is 0 Å². The minimum Gasteiger partial charge on any atom is -0.311 e. The van der Waals surface area contributed by atoms with E-state index in [9.17, 15) is 0 Å². The second kappa shape index (κ2) is 7.39. The molecule has 0 spiro atoms. The van der Waals surface area contributed by atoms with Crippen LogP contribution in [0.2, 0.25) is 0 Å². The molecule has 2 rings (SSSR count). The summed E-state index contributed by atoms with van der Waals surface area (Å²) in [5.41, 5.74) is 6.05. The number of hydrogen-bond donors (Lipinski definition) is 0. The molecule has 0 saturated carbocycles. The van der Waals surface area contributed by atoms with Gasteiger partial charge in [0.25, 0.3) is 0 Å². The molecule has 22 heavy (non-hydrogen) atoms. The Morgan fingerprint density at radius 1 is 0.955 bits per heavy atom. The number of aromatic nitrogens is 2. The molecule has 3 heteroatoms. The first-order chi connectivity index (χ1) is 10.6. The molecule has 2 aromatic rings. The average Bonchev–Trinajstić information content (AvgIpc) is 2.48. The van der Waals surface area contributed by atoms with E-state index in [-0.39, 0.29) is 0 Å². The Hall–Kier alpha value is -1.90. The quantitative estimate of drug-likeness (QED) is 0.769. The van der Waals surface area contributed by atoms with E-state index in [1.54, 1.807) is 0 Å². The molecule has 0 N–H and O–H groups in total. The second-order valence-electron chi connectivity index (χ2n) is 5.76. The topological polar surface area (TPSA) is 29.0 Å². The second-order valence-corrected chi connectivity index (χ2v) is 5.76. The van der Waals surface area contributed by atoms with Crippen molar-refractivity contribution in [2.45, 2.75) is 53.9 Å². The monoisotopic (exact) mass is 297 g/mol. The molecule has 0 aliphatic carbocycles. The minimum atomic E-state index is 0.804. The fourth-order valence-corrected chi connectivity index (χ4v) is 2.88. The fraction of sp³-hybridized carbons (Fsp3) is 0.474. The summed E-state index contributed by atoms with van der Waals surface area (Å²) in [5, 5.41) is 0. The number of hydrogen-bond acceptors (Lipinski definition) is 3. The first-order valence-corrected chi connectivity index (χ1v) is 8.30. The largest absolute Gasteiger partial charge is 0.311 e. The highest BCUT2D eigenvalue weighted by molar-refractivity contribution is 5.62. The average molecular weight is 297 g/mol. The molecule has 3 nitrogen and oxygen atoms in total. The van der Waals surface area contributed by atoms with Gasteiger partial charge in [-0.15, -0.1) is 0 Å². The molecule has 0 fully saturated rings. The Kier molecular flexibility index (Phi) is 5.53. The van der Waals surface area contributed by atoms with Crippen molar-refractivity contribution in [3.63, 3.8) is 0 Å². The molecule has 1 heterocycles. The van der Waals surface area contributed by atoms with Crippen LogP contribution in [-0.2, 0) is 12.8 Å². The molecule has 0 unspecified atom stereocenters. The number of rotatable bonds is 6. The Bertz CT molecular complexity index is 614. The molecule has 1 aromatic heterocycles. The molecule has 0 bridgehead atoms. The summed E-state index contributed by atoms with van der Waals surface area (Å²) in [4.78, 5) is 11.5. The van der Waals surface area contributed by atoms with E-state index < -0.39 is 0 Å². The Morgan fingerprint density at radius 3 is 2.18 bits per heavy atom. The Morgan fingerprint density at radius 2 is 1.64 bits per heavy atom. The van der Waals surface area contributed by atoms with Crippen LogP contribution in [0.25, 0.3) is 0 Å². The SMILES string of the molecule is CCCc1ccc(N(CC)c2nc(C)cc(C)n2)c(CC)c1. The van der Waals surface area contributed by atoms with E-state index in [1.165, 1.54) is 23.2 Å². The van der Waals surface area contributed by atoms with Crippen molar-refractivity contribution in [3.05, 3.63) is 46.8 Å². The molecule has 0 aliphatic rings. The van der Waals surface area contributed by atoms with Crippen LogP contribution in [0.15, 0.2) is 24.3 Å². The number of anilines is 2. The fourth-order valence-electron chi connectivity index (χ4n) is 2.88. The molecular weight excluding hydrogens is 270 g/mol. The van der Waals surface area contributed by atoms with Gasteiger partial charge in [0.1, 0.15) is 0 Å². The predicted molar refractivity (Wildman–Crippen MR) is 94.0 cm³/mol. The van der Waals surface area contributed by atoms with Crippen molar-refractivity contribution in [2.24, 2.45) is 0 Å². The van der Waals surface area contributed by atoms with Crippen LogP contribution < -0.4 is 4.90 Å². The van der Waals surface area contributed by atoms with E-state index >= 15 is 0 Å². The van der Waals surface area contributed by atoms with Gasteiger partial charge in [-0.2, -0.15) is 0 Å². The number of aryl methyl sites for hydroxylation is 4. The van der Waals surface area contributed by atoms with Crippen LogP contribution in [0, 0.1) is 13.8 Å². The first-order valence-electron chi connectivity index (χ1n) is 8.30.